The maximum atomic E-state index is 12.8. The molecule has 7 nitrogen and oxygen atoms in total. The van der Waals surface area contributed by atoms with Gasteiger partial charge in [-0.15, -0.1) is 0 Å². The molecule has 0 bridgehead atoms. The number of benzene rings is 1. The van der Waals surface area contributed by atoms with Crippen LogP contribution in [0, 0.1) is 5.82 Å². The van der Waals surface area contributed by atoms with E-state index < -0.39 is 0 Å². The minimum Gasteiger partial charge on any atom is -0.485 e. The molecule has 3 rings (SSSR count). The van der Waals surface area contributed by atoms with E-state index in [1.54, 1.807) is 0 Å². The predicted octanol–water partition coefficient (Wildman–Crippen LogP) is 1.11. The first kappa shape index (κ1) is 15.4. The van der Waals surface area contributed by atoms with Crippen molar-refractivity contribution in [1.82, 2.24) is 20.4 Å². The van der Waals surface area contributed by atoms with E-state index in [4.69, 9.17) is 9.26 Å². The molecule has 1 aliphatic heterocycles. The van der Waals surface area contributed by atoms with Crippen LogP contribution in [0.2, 0.25) is 0 Å². The summed E-state index contributed by atoms with van der Waals surface area (Å²) in [6.07, 6.45) is 0.467. The number of aromatic nitrogens is 2. The normalized spacial score (nSPS) is 16.0. The van der Waals surface area contributed by atoms with Crippen molar-refractivity contribution in [3.8, 4) is 5.75 Å². The summed E-state index contributed by atoms with van der Waals surface area (Å²) >= 11 is 0. The summed E-state index contributed by atoms with van der Waals surface area (Å²) < 4.78 is 23.5. The monoisotopic (exact) mass is 320 g/mol. The number of nitrogens with zero attached hydrogens (tertiary/aromatic N) is 3. The molecule has 2 aromatic rings. The number of nitrogens with one attached hydrogen (secondary N) is 1. The maximum absolute atomic E-state index is 12.8. The van der Waals surface area contributed by atoms with Gasteiger partial charge in [-0.1, -0.05) is 5.16 Å². The molecule has 0 saturated carbocycles. The van der Waals surface area contributed by atoms with Gasteiger partial charge in [-0.05, 0) is 24.3 Å². The molecule has 1 aromatic heterocycles. The van der Waals surface area contributed by atoms with Crippen LogP contribution in [-0.4, -0.2) is 40.6 Å². The molecule has 1 aliphatic rings. The number of carbonyl (C=O) groups excluding carboxylic acids is 1. The van der Waals surface area contributed by atoms with Crippen LogP contribution in [0.1, 0.15) is 18.1 Å². The molecule has 0 unspecified atom stereocenters. The van der Waals surface area contributed by atoms with Crippen LogP contribution in [-0.2, 0) is 17.9 Å². The van der Waals surface area contributed by atoms with E-state index in [9.17, 15) is 9.18 Å². The third kappa shape index (κ3) is 4.49. The quantitative estimate of drug-likeness (QED) is 0.889. The van der Waals surface area contributed by atoms with Gasteiger partial charge >= 0.3 is 0 Å². The lowest BCUT2D eigenvalue weighted by Crippen LogP contribution is -2.28. The van der Waals surface area contributed by atoms with Crippen LogP contribution >= 0.6 is 0 Å². The Kier molecular flexibility index (Phi) is 4.82. The zero-order valence-corrected chi connectivity index (χ0v) is 12.5. The first-order chi connectivity index (χ1) is 11.2. The fourth-order valence-electron chi connectivity index (χ4n) is 2.25. The number of carbonyl (C=O) groups is 1. The van der Waals surface area contributed by atoms with Crippen molar-refractivity contribution in [1.29, 1.82) is 0 Å². The van der Waals surface area contributed by atoms with Gasteiger partial charge in [0.25, 0.3) is 0 Å². The van der Waals surface area contributed by atoms with E-state index in [1.807, 2.05) is 0 Å². The highest BCUT2D eigenvalue weighted by Crippen LogP contribution is 2.13. The highest BCUT2D eigenvalue weighted by Gasteiger charge is 2.16. The minimum absolute atomic E-state index is 0.0615. The Morgan fingerprint density at radius 3 is 2.96 bits per heavy atom. The second-order valence-electron chi connectivity index (χ2n) is 5.22. The molecule has 23 heavy (non-hydrogen) atoms. The molecule has 1 N–H and O–H groups in total. The van der Waals surface area contributed by atoms with Crippen molar-refractivity contribution in [3.63, 3.8) is 0 Å². The fraction of sp³-hybridized carbons (Fsp3) is 0.400. The predicted molar refractivity (Wildman–Crippen MR) is 77.9 cm³/mol. The van der Waals surface area contributed by atoms with Gasteiger partial charge in [0, 0.05) is 26.1 Å². The summed E-state index contributed by atoms with van der Waals surface area (Å²) in [4.78, 5) is 17.6. The number of rotatable bonds is 5. The van der Waals surface area contributed by atoms with Crippen LogP contribution in [0.4, 0.5) is 4.39 Å². The molecule has 1 fully saturated rings. The first-order valence-electron chi connectivity index (χ1n) is 7.38. The smallest absolute Gasteiger partial charge is 0.240 e. The van der Waals surface area contributed by atoms with Crippen LogP contribution in [0.5, 0.6) is 5.75 Å². The van der Waals surface area contributed by atoms with Crippen LogP contribution in [0.15, 0.2) is 28.8 Å². The Morgan fingerprint density at radius 2 is 2.13 bits per heavy atom. The van der Waals surface area contributed by atoms with E-state index in [0.717, 1.165) is 6.54 Å². The van der Waals surface area contributed by atoms with E-state index in [2.05, 4.69) is 20.4 Å². The molecule has 0 radical (unpaired) electrons. The Labute approximate surface area is 132 Å². The number of halogens is 1. The van der Waals surface area contributed by atoms with E-state index in [1.165, 1.54) is 24.3 Å². The summed E-state index contributed by atoms with van der Waals surface area (Å²) in [5.41, 5.74) is 0. The molecule has 0 spiro atoms. The molecular formula is C15H17FN4O3. The highest BCUT2D eigenvalue weighted by atomic mass is 19.1. The molecule has 0 aliphatic carbocycles. The van der Waals surface area contributed by atoms with E-state index >= 15 is 0 Å². The van der Waals surface area contributed by atoms with Gasteiger partial charge in [0.05, 0.1) is 6.54 Å². The van der Waals surface area contributed by atoms with Gasteiger partial charge in [-0.3, -0.25) is 9.69 Å². The minimum atomic E-state index is -0.315. The van der Waals surface area contributed by atoms with Crippen LogP contribution < -0.4 is 10.1 Å². The van der Waals surface area contributed by atoms with Crippen molar-refractivity contribution >= 4 is 5.91 Å². The molecule has 1 aromatic carbocycles. The van der Waals surface area contributed by atoms with Gasteiger partial charge in [0.1, 0.15) is 11.6 Å². The van der Waals surface area contributed by atoms with E-state index in [0.29, 0.717) is 43.5 Å². The Balaban J connectivity index is 1.51. The fourth-order valence-corrected chi connectivity index (χ4v) is 2.25. The van der Waals surface area contributed by atoms with Gasteiger partial charge < -0.3 is 14.6 Å². The standard InChI is InChI=1S/C15H17FN4O3/c16-11-1-3-12(4-2-11)22-10-13-18-15(23-19-13)9-20-7-5-14(21)17-6-8-20/h1-4H,5-10H2,(H,17,21). The summed E-state index contributed by atoms with van der Waals surface area (Å²) in [5.74, 6) is 1.19. The number of amides is 1. The lowest BCUT2D eigenvalue weighted by atomic mass is 10.3. The molecule has 8 heteroatoms. The molecule has 122 valence electrons. The Morgan fingerprint density at radius 1 is 1.30 bits per heavy atom. The average Bonchev–Trinajstić information content (AvgIpc) is 2.89. The molecule has 1 amide bonds. The zero-order valence-electron chi connectivity index (χ0n) is 12.5. The summed E-state index contributed by atoms with van der Waals surface area (Å²) in [6, 6.07) is 5.73. The van der Waals surface area contributed by atoms with Crippen molar-refractivity contribution in [2.75, 3.05) is 19.6 Å². The number of hydrogen-bond acceptors (Lipinski definition) is 6. The molecular weight excluding hydrogens is 303 g/mol. The third-order valence-corrected chi connectivity index (χ3v) is 3.46. The molecule has 1 saturated heterocycles. The Bertz CT molecular complexity index is 659. The summed E-state index contributed by atoms with van der Waals surface area (Å²) in [6.45, 7) is 2.67. The van der Waals surface area contributed by atoms with Crippen molar-refractivity contribution in [2.45, 2.75) is 19.6 Å². The largest absolute Gasteiger partial charge is 0.485 e. The second-order valence-corrected chi connectivity index (χ2v) is 5.22. The van der Waals surface area contributed by atoms with Crippen molar-refractivity contribution in [3.05, 3.63) is 41.8 Å². The van der Waals surface area contributed by atoms with Crippen LogP contribution in [0.3, 0.4) is 0 Å². The number of ether oxygens (including phenoxy) is 1. The highest BCUT2D eigenvalue weighted by molar-refractivity contribution is 5.76. The Hall–Kier alpha value is -2.48. The second kappa shape index (κ2) is 7.19. The van der Waals surface area contributed by atoms with Crippen molar-refractivity contribution < 1.29 is 18.4 Å². The lowest BCUT2D eigenvalue weighted by Gasteiger charge is -2.15. The molecule has 0 atom stereocenters. The maximum Gasteiger partial charge on any atom is 0.240 e. The summed E-state index contributed by atoms with van der Waals surface area (Å²) in [7, 11) is 0. The van der Waals surface area contributed by atoms with Gasteiger partial charge in [-0.25, -0.2) is 4.39 Å². The average molecular weight is 320 g/mol. The first-order valence-corrected chi connectivity index (χ1v) is 7.38. The van der Waals surface area contributed by atoms with Gasteiger partial charge in [0.2, 0.25) is 17.6 Å². The SMILES string of the molecule is O=C1CCN(Cc2nc(COc3ccc(F)cc3)no2)CCN1. The van der Waals surface area contributed by atoms with Crippen molar-refractivity contribution in [2.24, 2.45) is 0 Å². The lowest BCUT2D eigenvalue weighted by molar-refractivity contribution is -0.120. The van der Waals surface area contributed by atoms with Gasteiger partial charge in [0.15, 0.2) is 6.61 Å². The van der Waals surface area contributed by atoms with Crippen LogP contribution in [0.25, 0.3) is 0 Å². The van der Waals surface area contributed by atoms with Gasteiger partial charge in [-0.2, -0.15) is 4.98 Å². The summed E-state index contributed by atoms with van der Waals surface area (Å²) in [5, 5.41) is 6.67. The topological polar surface area (TPSA) is 80.5 Å². The number of hydrogen-bond donors (Lipinski definition) is 1. The third-order valence-electron chi connectivity index (χ3n) is 3.46. The zero-order chi connectivity index (χ0) is 16.1. The molecule has 2 heterocycles. The van der Waals surface area contributed by atoms with E-state index in [-0.39, 0.29) is 18.3 Å².